The van der Waals surface area contributed by atoms with Gasteiger partial charge in [0.05, 0.1) is 28.1 Å². The molecule has 4 heterocycles. The highest BCUT2D eigenvalue weighted by Crippen LogP contribution is 2.34. The summed E-state index contributed by atoms with van der Waals surface area (Å²) in [5, 5.41) is 8.04. The summed E-state index contributed by atoms with van der Waals surface area (Å²) in [5.74, 6) is -0.796. The molecular weight excluding hydrogens is 481 g/mol. The van der Waals surface area contributed by atoms with Crippen molar-refractivity contribution in [3.63, 3.8) is 0 Å². The minimum Gasteiger partial charge on any atom is -0.316 e. The molecule has 5 rings (SSSR count). The van der Waals surface area contributed by atoms with E-state index in [1.165, 1.54) is 16.0 Å². The van der Waals surface area contributed by atoms with Gasteiger partial charge in [-0.3, -0.25) is 14.3 Å². The van der Waals surface area contributed by atoms with E-state index in [0.29, 0.717) is 20.8 Å². The fourth-order valence-electron chi connectivity index (χ4n) is 3.77. The molecule has 0 unspecified atom stereocenters. The summed E-state index contributed by atoms with van der Waals surface area (Å²) in [6.45, 7) is 1.65. The number of hydrogen-bond acceptors (Lipinski definition) is 5. The molecule has 0 aliphatic heterocycles. The zero-order chi connectivity index (χ0) is 24.9. The topological polar surface area (TPSA) is 86.2 Å². The van der Waals surface area contributed by atoms with Crippen molar-refractivity contribution in [1.82, 2.24) is 24.0 Å². The van der Waals surface area contributed by atoms with Crippen molar-refractivity contribution >= 4 is 28.6 Å². The van der Waals surface area contributed by atoms with Gasteiger partial charge in [-0.2, -0.15) is 18.3 Å². The van der Waals surface area contributed by atoms with Crippen molar-refractivity contribution in [3.05, 3.63) is 87.4 Å². The van der Waals surface area contributed by atoms with Crippen molar-refractivity contribution in [2.75, 3.05) is 5.32 Å². The van der Waals surface area contributed by atoms with Gasteiger partial charge in [0, 0.05) is 7.05 Å². The number of carbonyl (C=O) groups excluding carboxylic acids is 1. The zero-order valence-corrected chi connectivity index (χ0v) is 19.2. The quantitative estimate of drug-likeness (QED) is 0.395. The highest BCUT2D eigenvalue weighted by atomic mass is 32.1. The monoisotopic (exact) mass is 498 g/mol. The zero-order valence-electron chi connectivity index (χ0n) is 18.4. The second kappa shape index (κ2) is 8.24. The molecule has 35 heavy (non-hydrogen) atoms. The smallest absolute Gasteiger partial charge is 0.316 e. The number of alkyl halides is 3. The molecular formula is C23H17F3N6O2S. The van der Waals surface area contributed by atoms with E-state index >= 15 is 0 Å². The number of anilines is 1. The largest absolute Gasteiger partial charge is 0.433 e. The van der Waals surface area contributed by atoms with Gasteiger partial charge in [0.2, 0.25) is 0 Å². The summed E-state index contributed by atoms with van der Waals surface area (Å²) in [6.07, 6.45) is -3.72. The number of para-hydroxylation sites is 1. The molecule has 0 aliphatic rings. The van der Waals surface area contributed by atoms with E-state index in [1.807, 2.05) is 6.07 Å². The lowest BCUT2D eigenvalue weighted by atomic mass is 10.2. The van der Waals surface area contributed by atoms with Crippen LogP contribution in [0.3, 0.4) is 0 Å². The molecule has 1 amide bonds. The third kappa shape index (κ3) is 3.81. The Hall–Kier alpha value is -4.19. The molecule has 4 aromatic heterocycles. The number of aromatic nitrogens is 5. The summed E-state index contributed by atoms with van der Waals surface area (Å²) < 4.78 is 44.9. The van der Waals surface area contributed by atoms with E-state index in [-0.39, 0.29) is 22.6 Å². The maximum atomic E-state index is 13.8. The van der Waals surface area contributed by atoms with E-state index in [0.717, 1.165) is 12.3 Å². The molecule has 178 valence electrons. The fourth-order valence-corrected chi connectivity index (χ4v) is 4.45. The number of thiophene rings is 1. The van der Waals surface area contributed by atoms with Crippen LogP contribution in [0.1, 0.15) is 21.7 Å². The van der Waals surface area contributed by atoms with Crippen LogP contribution in [-0.4, -0.2) is 29.9 Å². The number of carbonyl (C=O) groups is 1. The Morgan fingerprint density at radius 1 is 1.11 bits per heavy atom. The molecule has 1 N–H and O–H groups in total. The van der Waals surface area contributed by atoms with Gasteiger partial charge in [-0.25, -0.2) is 14.2 Å². The van der Waals surface area contributed by atoms with Crippen LogP contribution in [0.15, 0.2) is 64.9 Å². The van der Waals surface area contributed by atoms with Crippen LogP contribution in [0.4, 0.5) is 18.9 Å². The Bertz CT molecular complexity index is 1620. The third-order valence-corrected chi connectivity index (χ3v) is 6.47. The molecule has 0 atom stereocenters. The number of amides is 1. The Kier molecular flexibility index (Phi) is 5.32. The number of hydrogen-bond donors (Lipinski definition) is 1. The molecule has 0 bridgehead atoms. The molecule has 0 fully saturated rings. The lowest BCUT2D eigenvalue weighted by Crippen LogP contribution is -2.23. The Labute approximate surface area is 199 Å². The maximum Gasteiger partial charge on any atom is 0.433 e. The third-order valence-electron chi connectivity index (χ3n) is 5.57. The highest BCUT2D eigenvalue weighted by Gasteiger charge is 2.36. The van der Waals surface area contributed by atoms with Crippen LogP contribution in [0, 0.1) is 6.92 Å². The van der Waals surface area contributed by atoms with Crippen LogP contribution in [0.5, 0.6) is 0 Å². The average Bonchev–Trinajstić information content (AvgIpc) is 3.55. The fraction of sp³-hybridized carbons (Fsp3) is 0.130. The van der Waals surface area contributed by atoms with E-state index < -0.39 is 23.3 Å². The van der Waals surface area contributed by atoms with E-state index in [2.05, 4.69) is 15.4 Å². The standard InChI is InChI=1S/C23H17F3N6O2S/c1-13-19(22(34)32(30(13)2)14-7-4-3-5-8-14)29-21(33)15-12-27-31-18(23(24,25)26)11-16(28-20(15)31)17-9-6-10-35-17/h3-12H,1-2H3,(H,29,33). The molecule has 0 saturated carbocycles. The Morgan fingerprint density at radius 3 is 2.51 bits per heavy atom. The molecule has 0 radical (unpaired) electrons. The summed E-state index contributed by atoms with van der Waals surface area (Å²) in [5.41, 5.74) is -0.872. The summed E-state index contributed by atoms with van der Waals surface area (Å²) in [6, 6.07) is 13.1. The van der Waals surface area contributed by atoms with E-state index in [1.54, 1.807) is 60.4 Å². The average molecular weight is 498 g/mol. The number of rotatable bonds is 4. The number of nitrogens with one attached hydrogen (secondary N) is 1. The lowest BCUT2D eigenvalue weighted by molar-refractivity contribution is -0.142. The maximum absolute atomic E-state index is 13.8. The second-order valence-corrected chi connectivity index (χ2v) is 8.63. The number of benzene rings is 1. The molecule has 12 heteroatoms. The number of nitrogens with zero attached hydrogens (tertiary/aromatic N) is 5. The SMILES string of the molecule is Cc1c(NC(=O)c2cnn3c(C(F)(F)F)cc(-c4cccs4)nc23)c(=O)n(-c2ccccc2)n1C. The van der Waals surface area contributed by atoms with Crippen LogP contribution >= 0.6 is 11.3 Å². The van der Waals surface area contributed by atoms with Crippen LogP contribution in [0.2, 0.25) is 0 Å². The molecule has 0 spiro atoms. The van der Waals surface area contributed by atoms with E-state index in [9.17, 15) is 22.8 Å². The van der Waals surface area contributed by atoms with Crippen LogP contribution < -0.4 is 10.9 Å². The lowest BCUT2D eigenvalue weighted by Gasteiger charge is -2.11. The number of halogens is 3. The predicted molar refractivity (Wildman–Crippen MR) is 125 cm³/mol. The van der Waals surface area contributed by atoms with Crippen molar-refractivity contribution < 1.29 is 18.0 Å². The first-order valence-electron chi connectivity index (χ1n) is 10.3. The summed E-state index contributed by atoms with van der Waals surface area (Å²) in [4.78, 5) is 31.1. The van der Waals surface area contributed by atoms with Gasteiger partial charge in [0.15, 0.2) is 11.3 Å². The molecule has 0 aliphatic carbocycles. The summed E-state index contributed by atoms with van der Waals surface area (Å²) >= 11 is 1.22. The van der Waals surface area contributed by atoms with Gasteiger partial charge in [-0.05, 0) is 36.6 Å². The summed E-state index contributed by atoms with van der Waals surface area (Å²) in [7, 11) is 1.67. The van der Waals surface area contributed by atoms with Crippen LogP contribution in [0.25, 0.3) is 21.9 Å². The Morgan fingerprint density at radius 2 is 1.86 bits per heavy atom. The van der Waals surface area contributed by atoms with Gasteiger partial charge in [0.25, 0.3) is 11.5 Å². The molecule has 0 saturated heterocycles. The Balaban J connectivity index is 1.60. The van der Waals surface area contributed by atoms with Crippen molar-refractivity contribution in [1.29, 1.82) is 0 Å². The van der Waals surface area contributed by atoms with Gasteiger partial charge in [0.1, 0.15) is 11.3 Å². The first-order chi connectivity index (χ1) is 16.7. The van der Waals surface area contributed by atoms with E-state index in [4.69, 9.17) is 0 Å². The highest BCUT2D eigenvalue weighted by molar-refractivity contribution is 7.13. The first kappa shape index (κ1) is 22.6. The molecule has 5 aromatic rings. The molecule has 8 nitrogen and oxygen atoms in total. The first-order valence-corrected chi connectivity index (χ1v) is 11.2. The van der Waals surface area contributed by atoms with Gasteiger partial charge >= 0.3 is 6.18 Å². The van der Waals surface area contributed by atoms with Crippen molar-refractivity contribution in [3.8, 4) is 16.3 Å². The van der Waals surface area contributed by atoms with Gasteiger partial charge in [-0.15, -0.1) is 11.3 Å². The number of fused-ring (bicyclic) bond motifs is 1. The second-order valence-electron chi connectivity index (χ2n) is 7.69. The molecule has 1 aromatic carbocycles. The van der Waals surface area contributed by atoms with Gasteiger partial charge in [-0.1, -0.05) is 24.3 Å². The van der Waals surface area contributed by atoms with Crippen molar-refractivity contribution in [2.45, 2.75) is 13.1 Å². The van der Waals surface area contributed by atoms with Gasteiger partial charge < -0.3 is 5.32 Å². The predicted octanol–water partition coefficient (Wildman–Crippen LogP) is 4.53. The normalized spacial score (nSPS) is 11.8. The minimum absolute atomic E-state index is 0.00570. The minimum atomic E-state index is -4.73. The van der Waals surface area contributed by atoms with Crippen molar-refractivity contribution in [2.24, 2.45) is 7.05 Å². The van der Waals surface area contributed by atoms with Crippen LogP contribution in [-0.2, 0) is 13.2 Å².